The molecule has 2 aromatic heterocycles. The van der Waals surface area contributed by atoms with Crippen molar-refractivity contribution in [1.29, 1.82) is 0 Å². The van der Waals surface area contributed by atoms with E-state index in [2.05, 4.69) is 30.3 Å². The van der Waals surface area contributed by atoms with Crippen LogP contribution in [0.2, 0.25) is 0 Å². The molecule has 0 aromatic carbocycles. The van der Waals surface area contributed by atoms with Crippen LogP contribution in [0.3, 0.4) is 0 Å². The first-order valence-corrected chi connectivity index (χ1v) is 8.38. The van der Waals surface area contributed by atoms with E-state index < -0.39 is 0 Å². The predicted octanol–water partition coefficient (Wildman–Crippen LogP) is 1.99. The maximum atomic E-state index is 5.94. The molecule has 1 saturated carbocycles. The van der Waals surface area contributed by atoms with Crippen LogP contribution in [0.15, 0.2) is 4.42 Å². The van der Waals surface area contributed by atoms with Crippen LogP contribution >= 0.6 is 0 Å². The molecule has 3 heterocycles. The van der Waals surface area contributed by atoms with E-state index in [4.69, 9.17) is 4.42 Å². The zero-order chi connectivity index (χ0) is 16.0. The molecule has 0 bridgehead atoms. The van der Waals surface area contributed by atoms with Crippen LogP contribution < -0.4 is 4.90 Å². The number of hydrogen-bond donors (Lipinski definition) is 0. The summed E-state index contributed by atoms with van der Waals surface area (Å²) in [5, 5.41) is 17.1. The molecule has 7 nitrogen and oxygen atoms in total. The summed E-state index contributed by atoms with van der Waals surface area (Å²) in [6.07, 6.45) is 4.28. The van der Waals surface area contributed by atoms with Gasteiger partial charge < -0.3 is 9.32 Å². The molecule has 2 fully saturated rings. The van der Waals surface area contributed by atoms with Crippen molar-refractivity contribution in [3.05, 3.63) is 23.2 Å². The minimum atomic E-state index is -0.0391. The number of rotatable bonds is 3. The van der Waals surface area contributed by atoms with Gasteiger partial charge in [-0.15, -0.1) is 15.3 Å². The number of fused-ring (bicyclic) bond motifs is 1. The number of hydrogen-bond acceptors (Lipinski definition) is 7. The van der Waals surface area contributed by atoms with Crippen molar-refractivity contribution in [1.82, 2.24) is 25.4 Å². The monoisotopic (exact) mass is 314 g/mol. The molecule has 4 rings (SSSR count). The Hall–Kier alpha value is -2.05. The predicted molar refractivity (Wildman–Crippen MR) is 84.2 cm³/mol. The van der Waals surface area contributed by atoms with E-state index in [9.17, 15) is 0 Å². The highest BCUT2D eigenvalue weighted by Gasteiger charge is 2.54. The molecule has 0 amide bonds. The largest absolute Gasteiger partial charge is 0.425 e. The average molecular weight is 314 g/mol. The molecule has 0 N–H and O–H groups in total. The van der Waals surface area contributed by atoms with Crippen molar-refractivity contribution in [3.8, 4) is 0 Å². The Morgan fingerprint density at radius 2 is 2.04 bits per heavy atom. The third-order valence-electron chi connectivity index (χ3n) is 5.43. The summed E-state index contributed by atoms with van der Waals surface area (Å²) in [6, 6.07) is 0. The Labute approximate surface area is 135 Å². The van der Waals surface area contributed by atoms with Crippen LogP contribution in [0.5, 0.6) is 0 Å². The fourth-order valence-electron chi connectivity index (χ4n) is 3.97. The van der Waals surface area contributed by atoms with Gasteiger partial charge in [0.25, 0.3) is 0 Å². The summed E-state index contributed by atoms with van der Waals surface area (Å²) in [5.74, 6) is 2.77. The van der Waals surface area contributed by atoms with E-state index in [0.717, 1.165) is 55.0 Å². The number of anilines is 1. The Morgan fingerprint density at radius 3 is 2.78 bits per heavy atom. The fraction of sp³-hybridized carbons (Fsp3) is 0.688. The highest BCUT2D eigenvalue weighted by atomic mass is 16.4. The molecule has 1 aliphatic carbocycles. The van der Waals surface area contributed by atoms with Crippen LogP contribution in [-0.2, 0) is 11.8 Å². The summed E-state index contributed by atoms with van der Waals surface area (Å²) in [7, 11) is 0. The van der Waals surface area contributed by atoms with Gasteiger partial charge in [0.15, 0.2) is 0 Å². The first-order valence-electron chi connectivity index (χ1n) is 8.38. The van der Waals surface area contributed by atoms with Gasteiger partial charge in [0.1, 0.15) is 0 Å². The van der Waals surface area contributed by atoms with Gasteiger partial charge in [-0.05, 0) is 32.6 Å². The van der Waals surface area contributed by atoms with Crippen LogP contribution in [0.4, 0.5) is 5.95 Å². The molecule has 2 atom stereocenters. The van der Waals surface area contributed by atoms with Crippen LogP contribution in [0, 0.1) is 19.8 Å². The van der Waals surface area contributed by atoms with Crippen LogP contribution in [0.25, 0.3) is 0 Å². The number of nitrogens with zero attached hydrogens (tertiary/aromatic N) is 6. The molecule has 23 heavy (non-hydrogen) atoms. The number of aromatic nitrogens is 5. The third-order valence-corrected chi connectivity index (χ3v) is 5.43. The maximum Gasteiger partial charge on any atom is 0.245 e. The second-order valence-corrected chi connectivity index (χ2v) is 6.76. The van der Waals surface area contributed by atoms with E-state index in [1.807, 2.05) is 20.8 Å². The second-order valence-electron chi connectivity index (χ2n) is 6.76. The van der Waals surface area contributed by atoms with Crippen LogP contribution in [0.1, 0.15) is 49.4 Å². The lowest BCUT2D eigenvalue weighted by Gasteiger charge is -2.24. The molecule has 1 aliphatic heterocycles. The molecule has 122 valence electrons. The SMILES string of the molecule is CCc1nnc([C@]23CCC[C@H]2CN(c2nnc(C)c(C)n2)C3)o1. The quantitative estimate of drug-likeness (QED) is 0.857. The van der Waals surface area contributed by atoms with Gasteiger partial charge in [0.05, 0.1) is 16.8 Å². The fourth-order valence-corrected chi connectivity index (χ4v) is 3.97. The molecule has 0 radical (unpaired) electrons. The Balaban J connectivity index is 1.66. The molecule has 2 aromatic rings. The third kappa shape index (κ3) is 2.21. The van der Waals surface area contributed by atoms with Gasteiger partial charge in [0.2, 0.25) is 17.7 Å². The summed E-state index contributed by atoms with van der Waals surface area (Å²) in [5.41, 5.74) is 1.78. The summed E-state index contributed by atoms with van der Waals surface area (Å²) in [6.45, 7) is 7.73. The van der Waals surface area contributed by atoms with Crippen molar-refractivity contribution in [3.63, 3.8) is 0 Å². The minimum Gasteiger partial charge on any atom is -0.425 e. The highest BCUT2D eigenvalue weighted by Crippen LogP contribution is 2.50. The summed E-state index contributed by atoms with van der Waals surface area (Å²) >= 11 is 0. The lowest BCUT2D eigenvalue weighted by Crippen LogP contribution is -2.33. The zero-order valence-electron chi connectivity index (χ0n) is 13.9. The molecule has 0 spiro atoms. The van der Waals surface area contributed by atoms with E-state index in [1.165, 1.54) is 12.8 Å². The van der Waals surface area contributed by atoms with E-state index >= 15 is 0 Å². The first kappa shape index (κ1) is 14.5. The van der Waals surface area contributed by atoms with Gasteiger partial charge in [-0.2, -0.15) is 5.10 Å². The maximum absolute atomic E-state index is 5.94. The molecular weight excluding hydrogens is 292 g/mol. The summed E-state index contributed by atoms with van der Waals surface area (Å²) < 4.78 is 5.94. The van der Waals surface area contributed by atoms with Crippen molar-refractivity contribution in [2.75, 3.05) is 18.0 Å². The second kappa shape index (κ2) is 5.25. The van der Waals surface area contributed by atoms with Gasteiger partial charge >= 0.3 is 0 Å². The number of aryl methyl sites for hydroxylation is 3. The molecule has 2 aliphatic rings. The normalized spacial score (nSPS) is 26.7. The van der Waals surface area contributed by atoms with Crippen molar-refractivity contribution >= 4 is 5.95 Å². The lowest BCUT2D eigenvalue weighted by molar-refractivity contribution is 0.297. The Bertz CT molecular complexity index is 729. The highest BCUT2D eigenvalue weighted by molar-refractivity contribution is 5.37. The Kier molecular flexibility index (Phi) is 3.32. The van der Waals surface area contributed by atoms with E-state index in [-0.39, 0.29) is 5.41 Å². The molecule has 1 saturated heterocycles. The average Bonchev–Trinajstić information content (AvgIpc) is 3.22. The minimum absolute atomic E-state index is 0.0391. The van der Waals surface area contributed by atoms with Crippen LogP contribution in [-0.4, -0.2) is 38.5 Å². The van der Waals surface area contributed by atoms with Gasteiger partial charge in [-0.25, -0.2) is 4.98 Å². The first-order chi connectivity index (χ1) is 11.1. The van der Waals surface area contributed by atoms with Gasteiger partial charge in [0, 0.05) is 19.5 Å². The van der Waals surface area contributed by atoms with Crippen molar-refractivity contribution in [2.24, 2.45) is 5.92 Å². The molecular formula is C16H22N6O. The Morgan fingerprint density at radius 1 is 1.17 bits per heavy atom. The smallest absolute Gasteiger partial charge is 0.245 e. The lowest BCUT2D eigenvalue weighted by atomic mass is 9.80. The van der Waals surface area contributed by atoms with E-state index in [1.54, 1.807) is 0 Å². The molecule has 7 heteroatoms. The van der Waals surface area contributed by atoms with Gasteiger partial charge in [-0.1, -0.05) is 13.3 Å². The zero-order valence-corrected chi connectivity index (χ0v) is 13.9. The van der Waals surface area contributed by atoms with Gasteiger partial charge in [-0.3, -0.25) is 0 Å². The molecule has 0 unspecified atom stereocenters. The van der Waals surface area contributed by atoms with Crippen molar-refractivity contribution < 1.29 is 4.42 Å². The topological polar surface area (TPSA) is 80.8 Å². The van der Waals surface area contributed by atoms with Crippen molar-refractivity contribution in [2.45, 2.75) is 51.9 Å². The summed E-state index contributed by atoms with van der Waals surface area (Å²) in [4.78, 5) is 6.85. The van der Waals surface area contributed by atoms with E-state index in [0.29, 0.717) is 5.92 Å². The standard InChI is InChI=1S/C16H22N6O/c1-4-13-19-20-14(23-13)16-7-5-6-12(16)8-22(9-16)15-17-10(2)11(3)18-21-15/h12H,4-9H2,1-3H3/t12-,16-/m0/s1.